The molecule has 4 amide bonds. The highest BCUT2D eigenvalue weighted by Gasteiger charge is 2.43. The van der Waals surface area contributed by atoms with Gasteiger partial charge in [0.2, 0.25) is 5.91 Å². The number of amidine groups is 1. The van der Waals surface area contributed by atoms with Crippen molar-refractivity contribution in [1.29, 1.82) is 0 Å². The number of fused-ring (bicyclic) bond motifs is 1. The largest absolute Gasteiger partial charge is 0.304 e. The molecule has 2 atom stereocenters. The molecule has 2 heterocycles. The molecule has 4 rings (SSSR count). The van der Waals surface area contributed by atoms with E-state index in [-0.39, 0.29) is 33.9 Å². The Morgan fingerprint density at radius 2 is 1.63 bits per heavy atom. The van der Waals surface area contributed by atoms with Crippen LogP contribution in [0.3, 0.4) is 0 Å². The number of thioether (sulfide) groups is 1. The molecule has 30 heavy (non-hydrogen) atoms. The van der Waals surface area contributed by atoms with Crippen molar-refractivity contribution < 1.29 is 19.2 Å². The SMILES string of the molecule is CC[C@@H]1SC(=NC(=O)[C@@H](Cc2ccccc2)N2C(=O)c3ccccc3C2=O)NC1=O. The molecule has 1 saturated heterocycles. The lowest BCUT2D eigenvalue weighted by Crippen LogP contribution is -2.46. The summed E-state index contributed by atoms with van der Waals surface area (Å²) in [6, 6.07) is 14.5. The van der Waals surface area contributed by atoms with Gasteiger partial charge in [-0.3, -0.25) is 24.1 Å². The molecule has 0 spiro atoms. The highest BCUT2D eigenvalue weighted by atomic mass is 32.2. The lowest BCUT2D eigenvalue weighted by molar-refractivity contribution is -0.121. The molecule has 2 aliphatic rings. The molecule has 2 aromatic rings. The maximum atomic E-state index is 13.1. The highest BCUT2D eigenvalue weighted by Crippen LogP contribution is 2.27. The molecule has 2 aromatic carbocycles. The van der Waals surface area contributed by atoms with Gasteiger partial charge in [-0.05, 0) is 24.1 Å². The molecule has 152 valence electrons. The van der Waals surface area contributed by atoms with Gasteiger partial charge in [-0.25, -0.2) is 0 Å². The molecule has 0 unspecified atom stereocenters. The van der Waals surface area contributed by atoms with Crippen LogP contribution in [-0.4, -0.2) is 45.0 Å². The smallest absolute Gasteiger partial charge is 0.271 e. The minimum absolute atomic E-state index is 0.137. The number of nitrogens with zero attached hydrogens (tertiary/aromatic N) is 2. The zero-order valence-electron chi connectivity index (χ0n) is 16.2. The summed E-state index contributed by atoms with van der Waals surface area (Å²) in [4.78, 5) is 56.0. The Morgan fingerprint density at radius 1 is 1.03 bits per heavy atom. The van der Waals surface area contributed by atoms with Crippen LogP contribution in [0.1, 0.15) is 39.6 Å². The number of carbonyl (C=O) groups excluding carboxylic acids is 4. The molecule has 0 aromatic heterocycles. The molecule has 7 nitrogen and oxygen atoms in total. The van der Waals surface area contributed by atoms with E-state index in [1.165, 1.54) is 11.8 Å². The van der Waals surface area contributed by atoms with Crippen LogP contribution in [0.25, 0.3) is 0 Å². The van der Waals surface area contributed by atoms with Crippen molar-refractivity contribution in [3.05, 3.63) is 71.3 Å². The van der Waals surface area contributed by atoms with Crippen LogP contribution in [0.4, 0.5) is 0 Å². The van der Waals surface area contributed by atoms with Gasteiger partial charge < -0.3 is 5.32 Å². The number of carbonyl (C=O) groups is 4. The van der Waals surface area contributed by atoms with Crippen LogP contribution in [0.2, 0.25) is 0 Å². The van der Waals surface area contributed by atoms with Gasteiger partial charge in [0.05, 0.1) is 16.4 Å². The quantitative estimate of drug-likeness (QED) is 0.748. The van der Waals surface area contributed by atoms with E-state index in [0.29, 0.717) is 6.42 Å². The number of hydrogen-bond donors (Lipinski definition) is 1. The number of amides is 4. The summed E-state index contributed by atoms with van der Waals surface area (Å²) >= 11 is 1.18. The van der Waals surface area contributed by atoms with Crippen LogP contribution in [0.5, 0.6) is 0 Å². The Bertz CT molecular complexity index is 1030. The summed E-state index contributed by atoms with van der Waals surface area (Å²) in [7, 11) is 0. The number of hydrogen-bond acceptors (Lipinski definition) is 5. The third kappa shape index (κ3) is 3.66. The zero-order chi connectivity index (χ0) is 21.3. The Labute approximate surface area is 177 Å². The molecule has 0 radical (unpaired) electrons. The van der Waals surface area contributed by atoms with Crippen molar-refractivity contribution in [2.24, 2.45) is 4.99 Å². The fraction of sp³-hybridized carbons (Fsp3) is 0.227. The van der Waals surface area contributed by atoms with Gasteiger partial charge in [0.15, 0.2) is 5.17 Å². The van der Waals surface area contributed by atoms with Crippen LogP contribution < -0.4 is 5.32 Å². The van der Waals surface area contributed by atoms with Crippen molar-refractivity contribution >= 4 is 40.6 Å². The Kier molecular flexibility index (Phi) is 5.50. The number of benzene rings is 2. The van der Waals surface area contributed by atoms with Gasteiger partial charge in [0.1, 0.15) is 6.04 Å². The third-order valence-electron chi connectivity index (χ3n) is 5.05. The normalized spacial score (nSPS) is 20.4. The second-order valence-electron chi connectivity index (χ2n) is 6.99. The van der Waals surface area contributed by atoms with Crippen LogP contribution in [-0.2, 0) is 16.0 Å². The molecule has 1 N–H and O–H groups in total. The molecule has 1 fully saturated rings. The monoisotopic (exact) mass is 421 g/mol. The molecule has 0 saturated carbocycles. The lowest BCUT2D eigenvalue weighted by atomic mass is 10.0. The van der Waals surface area contributed by atoms with Gasteiger partial charge in [-0.2, -0.15) is 4.99 Å². The first kappa shape index (κ1) is 20.0. The van der Waals surface area contributed by atoms with E-state index in [1.807, 2.05) is 37.3 Å². The second-order valence-corrected chi connectivity index (χ2v) is 8.18. The van der Waals surface area contributed by atoms with Crippen molar-refractivity contribution in [2.75, 3.05) is 0 Å². The molecule has 0 aliphatic carbocycles. The zero-order valence-corrected chi connectivity index (χ0v) is 17.0. The number of nitrogens with one attached hydrogen (secondary N) is 1. The first-order valence-electron chi connectivity index (χ1n) is 9.60. The molecule has 2 aliphatic heterocycles. The van der Waals surface area contributed by atoms with Gasteiger partial charge in [-0.1, -0.05) is 61.2 Å². The van der Waals surface area contributed by atoms with E-state index in [4.69, 9.17) is 0 Å². The molecular weight excluding hydrogens is 402 g/mol. The predicted molar refractivity (Wildman–Crippen MR) is 113 cm³/mol. The van der Waals surface area contributed by atoms with Crippen molar-refractivity contribution in [1.82, 2.24) is 10.2 Å². The summed E-state index contributed by atoms with van der Waals surface area (Å²) in [5.74, 6) is -1.87. The van der Waals surface area contributed by atoms with Crippen LogP contribution in [0.15, 0.2) is 59.6 Å². The Balaban J connectivity index is 1.67. The second kappa shape index (κ2) is 8.23. The van der Waals surface area contributed by atoms with Crippen molar-refractivity contribution in [2.45, 2.75) is 31.1 Å². The van der Waals surface area contributed by atoms with E-state index in [9.17, 15) is 19.2 Å². The lowest BCUT2D eigenvalue weighted by Gasteiger charge is -2.23. The third-order valence-corrected chi connectivity index (χ3v) is 6.30. The summed E-state index contributed by atoms with van der Waals surface area (Å²) < 4.78 is 0. The van der Waals surface area contributed by atoms with E-state index >= 15 is 0 Å². The maximum Gasteiger partial charge on any atom is 0.271 e. The van der Waals surface area contributed by atoms with Crippen LogP contribution >= 0.6 is 11.8 Å². The van der Waals surface area contributed by atoms with E-state index < -0.39 is 23.8 Å². The Hall–Kier alpha value is -3.26. The van der Waals surface area contributed by atoms with Gasteiger partial charge in [-0.15, -0.1) is 0 Å². The van der Waals surface area contributed by atoms with E-state index in [1.54, 1.807) is 24.3 Å². The van der Waals surface area contributed by atoms with Gasteiger partial charge >= 0.3 is 0 Å². The van der Waals surface area contributed by atoms with E-state index in [2.05, 4.69) is 10.3 Å². The predicted octanol–water partition coefficient (Wildman–Crippen LogP) is 2.42. The summed E-state index contributed by atoms with van der Waals surface area (Å²) in [6.45, 7) is 1.87. The van der Waals surface area contributed by atoms with Crippen molar-refractivity contribution in [3.63, 3.8) is 0 Å². The first-order valence-corrected chi connectivity index (χ1v) is 10.5. The molecule has 0 bridgehead atoms. The summed E-state index contributed by atoms with van der Waals surface area (Å²) in [5, 5.41) is 2.50. The standard InChI is InChI=1S/C22H19N3O4S/c1-2-17-19(27)24-22(30-17)23-18(26)16(12-13-8-4-3-5-9-13)25-20(28)14-10-6-7-11-15(14)21(25)29/h3-11,16-17H,2,12H2,1H3,(H,23,24,26,27)/t16-,17+/m1/s1. The number of aliphatic imine (C=N–C) groups is 1. The molecular formula is C22H19N3O4S. The average Bonchev–Trinajstić information content (AvgIpc) is 3.23. The van der Waals surface area contributed by atoms with Gasteiger partial charge in [0.25, 0.3) is 17.7 Å². The topological polar surface area (TPSA) is 95.9 Å². The van der Waals surface area contributed by atoms with Gasteiger partial charge in [0, 0.05) is 6.42 Å². The van der Waals surface area contributed by atoms with Crippen LogP contribution in [0, 0.1) is 0 Å². The first-order chi connectivity index (χ1) is 14.5. The van der Waals surface area contributed by atoms with E-state index in [0.717, 1.165) is 10.5 Å². The number of imide groups is 1. The number of rotatable bonds is 5. The average molecular weight is 421 g/mol. The molecule has 8 heteroatoms. The summed E-state index contributed by atoms with van der Waals surface area (Å²) in [6.07, 6.45) is 0.743. The fourth-order valence-electron chi connectivity index (χ4n) is 3.52. The van der Waals surface area contributed by atoms with Crippen molar-refractivity contribution in [3.8, 4) is 0 Å². The minimum Gasteiger partial charge on any atom is -0.304 e. The fourth-order valence-corrected chi connectivity index (χ4v) is 4.42. The highest BCUT2D eigenvalue weighted by molar-refractivity contribution is 8.15. The summed E-state index contributed by atoms with van der Waals surface area (Å²) in [5.41, 5.74) is 1.34. The maximum absolute atomic E-state index is 13.1. The Morgan fingerprint density at radius 3 is 2.20 bits per heavy atom. The minimum atomic E-state index is -1.11.